The zero-order valence-corrected chi connectivity index (χ0v) is 13.6. The van der Waals surface area contributed by atoms with Crippen LogP contribution < -0.4 is 4.74 Å². The average molecular weight is 309 g/mol. The Balaban J connectivity index is 1.37. The van der Waals surface area contributed by atoms with E-state index < -0.39 is 0 Å². The summed E-state index contributed by atoms with van der Waals surface area (Å²) in [6.45, 7) is 2.82. The van der Waals surface area contributed by atoms with E-state index in [0.29, 0.717) is 0 Å². The van der Waals surface area contributed by atoms with Crippen LogP contribution in [0.25, 0.3) is 10.8 Å². The number of benzene rings is 2. The topological polar surface area (TPSA) is 35.3 Å². The van der Waals surface area contributed by atoms with Crippen LogP contribution in [0.2, 0.25) is 0 Å². The first kappa shape index (κ1) is 15.6. The number of nitrogens with zero attached hydrogens (tertiary/aromatic N) is 1. The zero-order valence-electron chi connectivity index (χ0n) is 13.6. The van der Waals surface area contributed by atoms with Gasteiger partial charge in [0.25, 0.3) is 0 Å². The molecule has 3 aromatic rings. The van der Waals surface area contributed by atoms with Gasteiger partial charge in [-0.25, -0.2) is 0 Å². The van der Waals surface area contributed by atoms with E-state index in [1.807, 2.05) is 6.92 Å². The van der Waals surface area contributed by atoms with E-state index in [1.54, 1.807) is 6.20 Å². The van der Waals surface area contributed by atoms with Crippen molar-refractivity contribution in [2.45, 2.75) is 39.0 Å². The molecule has 3 rings (SSSR count). The minimum atomic E-state index is 0.773. The van der Waals surface area contributed by atoms with Crippen LogP contribution in [0, 0.1) is 6.92 Å². The molecule has 1 heterocycles. The van der Waals surface area contributed by atoms with E-state index in [0.717, 1.165) is 42.9 Å². The van der Waals surface area contributed by atoms with E-state index in [9.17, 15) is 0 Å². The maximum Gasteiger partial charge on any atom is 0.139 e. The van der Waals surface area contributed by atoms with Gasteiger partial charge in [-0.15, -0.1) is 0 Å². The van der Waals surface area contributed by atoms with Crippen molar-refractivity contribution in [1.82, 2.24) is 5.16 Å². The molecule has 0 atom stereocenters. The van der Waals surface area contributed by atoms with Crippen molar-refractivity contribution in [1.29, 1.82) is 0 Å². The average Bonchev–Trinajstić information content (AvgIpc) is 2.99. The Morgan fingerprint density at radius 1 is 0.957 bits per heavy atom. The first-order chi connectivity index (χ1) is 11.3. The molecule has 0 saturated heterocycles. The lowest BCUT2D eigenvalue weighted by molar-refractivity contribution is 0.307. The van der Waals surface area contributed by atoms with Crippen LogP contribution in [0.5, 0.6) is 5.75 Å². The lowest BCUT2D eigenvalue weighted by Gasteiger charge is -2.09. The van der Waals surface area contributed by atoms with Gasteiger partial charge in [0.05, 0.1) is 12.8 Å². The summed E-state index contributed by atoms with van der Waals surface area (Å²) in [6, 6.07) is 14.6. The highest BCUT2D eigenvalue weighted by Crippen LogP contribution is 2.25. The summed E-state index contributed by atoms with van der Waals surface area (Å²) in [5.74, 6) is 2.01. The van der Waals surface area contributed by atoms with Gasteiger partial charge < -0.3 is 9.26 Å². The van der Waals surface area contributed by atoms with E-state index in [4.69, 9.17) is 9.26 Å². The summed E-state index contributed by atoms with van der Waals surface area (Å²) in [5, 5.41) is 6.23. The third-order valence-corrected chi connectivity index (χ3v) is 4.15. The van der Waals surface area contributed by atoms with Gasteiger partial charge in [0, 0.05) is 17.4 Å². The van der Waals surface area contributed by atoms with Crippen LogP contribution in [0.3, 0.4) is 0 Å². The lowest BCUT2D eigenvalue weighted by atomic mass is 10.1. The number of aryl methyl sites for hydroxylation is 2. The fourth-order valence-corrected chi connectivity index (χ4v) is 2.80. The molecule has 120 valence electrons. The van der Waals surface area contributed by atoms with Crippen LogP contribution in [0.15, 0.2) is 53.2 Å². The third kappa shape index (κ3) is 4.13. The summed E-state index contributed by atoms with van der Waals surface area (Å²) in [6.07, 6.45) is 7.36. The summed E-state index contributed by atoms with van der Waals surface area (Å²) in [4.78, 5) is 0. The number of ether oxygens (including phenoxy) is 1. The van der Waals surface area contributed by atoms with Gasteiger partial charge in [-0.2, -0.15) is 0 Å². The number of hydrogen-bond acceptors (Lipinski definition) is 3. The predicted octanol–water partition coefficient (Wildman–Crippen LogP) is 5.32. The summed E-state index contributed by atoms with van der Waals surface area (Å²) < 4.78 is 11.2. The second-order valence-electron chi connectivity index (χ2n) is 5.92. The van der Waals surface area contributed by atoms with Crippen molar-refractivity contribution in [3.05, 3.63) is 60.0 Å². The maximum absolute atomic E-state index is 5.96. The molecule has 0 amide bonds. The van der Waals surface area contributed by atoms with Gasteiger partial charge in [-0.05, 0) is 31.2 Å². The van der Waals surface area contributed by atoms with Crippen LogP contribution in [0.4, 0.5) is 0 Å². The molecule has 3 nitrogen and oxygen atoms in total. The molecular weight excluding hydrogens is 286 g/mol. The van der Waals surface area contributed by atoms with Crippen LogP contribution in [0.1, 0.15) is 37.0 Å². The summed E-state index contributed by atoms with van der Waals surface area (Å²) in [7, 11) is 0. The number of fused-ring (bicyclic) bond motifs is 1. The lowest BCUT2D eigenvalue weighted by Crippen LogP contribution is -1.98. The normalized spacial score (nSPS) is 11.0. The fraction of sp³-hybridized carbons (Fsp3) is 0.350. The van der Waals surface area contributed by atoms with Gasteiger partial charge in [0.15, 0.2) is 0 Å². The Morgan fingerprint density at radius 2 is 1.78 bits per heavy atom. The Kier molecular flexibility index (Phi) is 5.30. The highest BCUT2D eigenvalue weighted by molar-refractivity contribution is 5.88. The van der Waals surface area contributed by atoms with Crippen molar-refractivity contribution < 1.29 is 9.26 Å². The van der Waals surface area contributed by atoms with E-state index in [1.165, 1.54) is 23.6 Å². The monoisotopic (exact) mass is 309 g/mol. The summed E-state index contributed by atoms with van der Waals surface area (Å²) >= 11 is 0. The molecule has 3 heteroatoms. The first-order valence-electron chi connectivity index (χ1n) is 8.35. The Morgan fingerprint density at radius 3 is 2.65 bits per heavy atom. The third-order valence-electron chi connectivity index (χ3n) is 4.15. The Hall–Kier alpha value is -2.29. The second kappa shape index (κ2) is 7.82. The molecule has 0 aliphatic carbocycles. The van der Waals surface area contributed by atoms with Gasteiger partial charge in [0.1, 0.15) is 11.5 Å². The Labute approximate surface area is 137 Å². The molecule has 0 unspecified atom stereocenters. The van der Waals surface area contributed by atoms with Crippen molar-refractivity contribution in [2.24, 2.45) is 0 Å². The molecule has 2 aromatic carbocycles. The van der Waals surface area contributed by atoms with E-state index in [2.05, 4.69) is 47.6 Å². The van der Waals surface area contributed by atoms with E-state index >= 15 is 0 Å². The molecule has 23 heavy (non-hydrogen) atoms. The maximum atomic E-state index is 5.96. The number of rotatable bonds is 8. The molecule has 0 spiro atoms. The van der Waals surface area contributed by atoms with Crippen LogP contribution in [-0.4, -0.2) is 11.8 Å². The molecule has 0 aliphatic heterocycles. The van der Waals surface area contributed by atoms with Crippen molar-refractivity contribution in [3.63, 3.8) is 0 Å². The molecule has 0 saturated carbocycles. The molecule has 0 N–H and O–H groups in total. The van der Waals surface area contributed by atoms with Crippen LogP contribution in [-0.2, 0) is 6.42 Å². The first-order valence-corrected chi connectivity index (χ1v) is 8.35. The zero-order chi connectivity index (χ0) is 15.9. The molecular formula is C20H23NO2. The highest BCUT2D eigenvalue weighted by Gasteiger charge is 2.03. The SMILES string of the molecule is Cc1cnoc1CCCCCCOc1cccc2ccccc12. The predicted molar refractivity (Wildman–Crippen MR) is 92.9 cm³/mol. The highest BCUT2D eigenvalue weighted by atomic mass is 16.5. The van der Waals surface area contributed by atoms with Gasteiger partial charge in [-0.3, -0.25) is 0 Å². The minimum absolute atomic E-state index is 0.773. The molecule has 0 bridgehead atoms. The number of unbranched alkanes of at least 4 members (excludes halogenated alkanes) is 3. The minimum Gasteiger partial charge on any atom is -0.493 e. The molecule has 1 aromatic heterocycles. The van der Waals surface area contributed by atoms with Crippen molar-refractivity contribution in [2.75, 3.05) is 6.61 Å². The number of hydrogen-bond donors (Lipinski definition) is 0. The van der Waals surface area contributed by atoms with Gasteiger partial charge in [0.2, 0.25) is 0 Å². The largest absolute Gasteiger partial charge is 0.493 e. The molecule has 0 fully saturated rings. The fourth-order valence-electron chi connectivity index (χ4n) is 2.80. The van der Waals surface area contributed by atoms with Gasteiger partial charge in [-0.1, -0.05) is 54.4 Å². The summed E-state index contributed by atoms with van der Waals surface area (Å²) in [5.41, 5.74) is 1.16. The second-order valence-corrected chi connectivity index (χ2v) is 5.92. The molecule has 0 radical (unpaired) electrons. The quantitative estimate of drug-likeness (QED) is 0.528. The Bertz CT molecular complexity index is 743. The van der Waals surface area contributed by atoms with Crippen molar-refractivity contribution >= 4 is 10.8 Å². The molecule has 0 aliphatic rings. The van der Waals surface area contributed by atoms with Gasteiger partial charge >= 0.3 is 0 Å². The standard InChI is InChI=1S/C20H23NO2/c1-16-15-21-23-19(16)12-4-2-3-7-14-22-20-13-8-10-17-9-5-6-11-18(17)20/h5-6,8-11,13,15H,2-4,7,12,14H2,1H3. The van der Waals surface area contributed by atoms with Crippen molar-refractivity contribution in [3.8, 4) is 5.75 Å². The number of aromatic nitrogens is 1. The van der Waals surface area contributed by atoms with E-state index in [-0.39, 0.29) is 0 Å². The van der Waals surface area contributed by atoms with Crippen LogP contribution >= 0.6 is 0 Å². The smallest absolute Gasteiger partial charge is 0.139 e.